The molecule has 24 heavy (non-hydrogen) atoms. The summed E-state index contributed by atoms with van der Waals surface area (Å²) in [7, 11) is 1.91. The number of aryl methyl sites for hydroxylation is 4. The number of carbonyl (C=O) groups is 1. The molecule has 0 radical (unpaired) electrons. The number of nitrogens with zero attached hydrogens (tertiary/aromatic N) is 3. The van der Waals surface area contributed by atoms with Gasteiger partial charge < -0.3 is 10.1 Å². The zero-order valence-corrected chi connectivity index (χ0v) is 15.4. The van der Waals surface area contributed by atoms with Crippen LogP contribution in [0.4, 0.5) is 0 Å². The number of aromatic nitrogens is 3. The smallest absolute Gasteiger partial charge is 0.220 e. The van der Waals surface area contributed by atoms with E-state index >= 15 is 0 Å². The number of amides is 1. The van der Waals surface area contributed by atoms with E-state index in [1.54, 1.807) is 0 Å². The first-order valence-corrected chi connectivity index (χ1v) is 8.59. The molecule has 6 nitrogen and oxygen atoms in total. The summed E-state index contributed by atoms with van der Waals surface area (Å²) in [5, 5.41) is 8.51. The number of nitrogens with one attached hydrogen (secondary N) is 1. The Bertz CT molecular complexity index is 722. The van der Waals surface area contributed by atoms with Gasteiger partial charge in [0.1, 0.15) is 0 Å². The van der Waals surface area contributed by atoms with Crippen LogP contribution in [0.15, 0.2) is 0 Å². The zero-order valence-electron chi connectivity index (χ0n) is 15.4. The molecule has 2 heterocycles. The minimum atomic E-state index is 0.0771. The molecule has 0 aliphatic rings. The number of hydrogen-bond acceptors (Lipinski definition) is 4. The average Bonchev–Trinajstić information content (AvgIpc) is 2.81. The highest BCUT2D eigenvalue weighted by molar-refractivity contribution is 5.84. The summed E-state index contributed by atoms with van der Waals surface area (Å²) >= 11 is 0. The molecule has 0 fully saturated rings. The van der Waals surface area contributed by atoms with Crippen LogP contribution in [0.1, 0.15) is 42.3 Å². The van der Waals surface area contributed by atoms with Crippen molar-refractivity contribution in [2.24, 2.45) is 7.05 Å². The predicted octanol–water partition coefficient (Wildman–Crippen LogP) is 2.37. The predicted molar refractivity (Wildman–Crippen MR) is 95.2 cm³/mol. The first-order chi connectivity index (χ1) is 11.5. The van der Waals surface area contributed by atoms with E-state index in [1.165, 1.54) is 5.56 Å². The molecule has 0 aliphatic heterocycles. The Morgan fingerprint density at radius 2 is 2.00 bits per heavy atom. The van der Waals surface area contributed by atoms with Gasteiger partial charge in [-0.25, -0.2) is 4.98 Å². The van der Waals surface area contributed by atoms with Crippen LogP contribution >= 0.6 is 0 Å². The first kappa shape index (κ1) is 18.4. The maximum absolute atomic E-state index is 12.0. The number of carbonyl (C=O) groups excluding carboxylic acids is 1. The second-order valence-corrected chi connectivity index (χ2v) is 6.11. The fraction of sp³-hybridized carbons (Fsp3) is 0.611. The van der Waals surface area contributed by atoms with E-state index in [0.717, 1.165) is 41.0 Å². The van der Waals surface area contributed by atoms with Gasteiger partial charge >= 0.3 is 0 Å². The maximum Gasteiger partial charge on any atom is 0.220 e. The van der Waals surface area contributed by atoms with Gasteiger partial charge in [-0.1, -0.05) is 0 Å². The standard InChI is InChI=1S/C18H28N4O2/c1-6-24-11-7-10-19-16(23)9-8-15-12(2)17-14(4)21-22(5)18(17)20-13(15)3/h6-11H2,1-5H3,(H,19,23). The summed E-state index contributed by atoms with van der Waals surface area (Å²) < 4.78 is 7.08. The van der Waals surface area contributed by atoms with Crippen LogP contribution in [0.3, 0.4) is 0 Å². The molecule has 0 spiro atoms. The Balaban J connectivity index is 2.00. The third-order valence-corrected chi connectivity index (χ3v) is 4.32. The molecule has 6 heteroatoms. The fourth-order valence-electron chi connectivity index (χ4n) is 3.10. The van der Waals surface area contributed by atoms with Crippen molar-refractivity contribution in [1.82, 2.24) is 20.1 Å². The number of pyridine rings is 1. The van der Waals surface area contributed by atoms with E-state index in [9.17, 15) is 4.79 Å². The van der Waals surface area contributed by atoms with Gasteiger partial charge in [-0.15, -0.1) is 0 Å². The van der Waals surface area contributed by atoms with Crippen LogP contribution in [-0.4, -0.2) is 40.4 Å². The molecule has 0 aliphatic carbocycles. The second-order valence-electron chi connectivity index (χ2n) is 6.11. The first-order valence-electron chi connectivity index (χ1n) is 8.59. The Kier molecular flexibility index (Phi) is 6.31. The van der Waals surface area contributed by atoms with Gasteiger partial charge in [-0.3, -0.25) is 9.48 Å². The van der Waals surface area contributed by atoms with Crippen molar-refractivity contribution in [1.29, 1.82) is 0 Å². The van der Waals surface area contributed by atoms with Gasteiger partial charge in [0.2, 0.25) is 5.91 Å². The molecule has 1 amide bonds. The van der Waals surface area contributed by atoms with Crippen LogP contribution in [0.5, 0.6) is 0 Å². The topological polar surface area (TPSA) is 69.0 Å². The molecule has 132 valence electrons. The molecule has 0 saturated carbocycles. The van der Waals surface area contributed by atoms with Crippen molar-refractivity contribution in [3.8, 4) is 0 Å². The zero-order chi connectivity index (χ0) is 17.7. The molecule has 2 rings (SSSR count). The van der Waals surface area contributed by atoms with Gasteiger partial charge in [0.15, 0.2) is 5.65 Å². The molecular weight excluding hydrogens is 304 g/mol. The van der Waals surface area contributed by atoms with Gasteiger partial charge in [0.25, 0.3) is 0 Å². The quantitative estimate of drug-likeness (QED) is 0.754. The van der Waals surface area contributed by atoms with Gasteiger partial charge in [-0.05, 0) is 51.7 Å². The minimum Gasteiger partial charge on any atom is -0.382 e. The molecule has 0 atom stereocenters. The Morgan fingerprint density at radius 3 is 2.71 bits per heavy atom. The van der Waals surface area contributed by atoms with Crippen molar-refractivity contribution < 1.29 is 9.53 Å². The molecule has 0 aromatic carbocycles. The SMILES string of the molecule is CCOCCCNC(=O)CCc1c(C)nc2c(c(C)nn2C)c1C. The van der Waals surface area contributed by atoms with Crippen molar-refractivity contribution >= 4 is 16.9 Å². The Labute approximate surface area is 143 Å². The van der Waals surface area contributed by atoms with Crippen molar-refractivity contribution in [2.75, 3.05) is 19.8 Å². The lowest BCUT2D eigenvalue weighted by Gasteiger charge is -2.11. The van der Waals surface area contributed by atoms with Crippen LogP contribution in [0.25, 0.3) is 11.0 Å². The molecule has 0 unspecified atom stereocenters. The number of rotatable bonds is 8. The van der Waals surface area contributed by atoms with Gasteiger partial charge in [-0.2, -0.15) is 5.10 Å². The summed E-state index contributed by atoms with van der Waals surface area (Å²) in [5.41, 5.74) is 5.22. The van der Waals surface area contributed by atoms with Crippen LogP contribution in [0.2, 0.25) is 0 Å². The molecule has 1 N–H and O–H groups in total. The largest absolute Gasteiger partial charge is 0.382 e. The minimum absolute atomic E-state index is 0.0771. The normalized spacial score (nSPS) is 11.2. The molecule has 2 aromatic heterocycles. The third-order valence-electron chi connectivity index (χ3n) is 4.32. The van der Waals surface area contributed by atoms with Gasteiger partial charge in [0.05, 0.1) is 5.69 Å². The summed E-state index contributed by atoms with van der Waals surface area (Å²) in [6.45, 7) is 10.1. The van der Waals surface area contributed by atoms with Crippen LogP contribution in [-0.2, 0) is 23.0 Å². The van der Waals surface area contributed by atoms with Crippen molar-refractivity contribution in [3.63, 3.8) is 0 Å². The lowest BCUT2D eigenvalue weighted by molar-refractivity contribution is -0.121. The summed E-state index contributed by atoms with van der Waals surface area (Å²) in [4.78, 5) is 16.7. The molecule has 0 bridgehead atoms. The Morgan fingerprint density at radius 1 is 1.25 bits per heavy atom. The monoisotopic (exact) mass is 332 g/mol. The van der Waals surface area contributed by atoms with E-state index in [-0.39, 0.29) is 5.91 Å². The summed E-state index contributed by atoms with van der Waals surface area (Å²) in [6.07, 6.45) is 2.02. The molecule has 2 aromatic rings. The van der Waals surface area contributed by atoms with E-state index in [0.29, 0.717) is 26.0 Å². The number of hydrogen-bond donors (Lipinski definition) is 1. The van der Waals surface area contributed by atoms with E-state index < -0.39 is 0 Å². The molecule has 0 saturated heterocycles. The van der Waals surface area contributed by atoms with Gasteiger partial charge in [0, 0.05) is 44.3 Å². The van der Waals surface area contributed by atoms with Crippen molar-refractivity contribution in [3.05, 3.63) is 22.5 Å². The van der Waals surface area contributed by atoms with E-state index in [4.69, 9.17) is 4.74 Å². The Hall–Kier alpha value is -1.95. The van der Waals surface area contributed by atoms with Crippen LogP contribution < -0.4 is 5.32 Å². The van der Waals surface area contributed by atoms with E-state index in [2.05, 4.69) is 22.3 Å². The average molecular weight is 332 g/mol. The van der Waals surface area contributed by atoms with Crippen LogP contribution in [0, 0.1) is 20.8 Å². The lowest BCUT2D eigenvalue weighted by Crippen LogP contribution is -2.25. The molecular formula is C18H28N4O2. The highest BCUT2D eigenvalue weighted by Crippen LogP contribution is 2.25. The maximum atomic E-state index is 12.0. The highest BCUT2D eigenvalue weighted by Gasteiger charge is 2.15. The third kappa shape index (κ3) is 4.12. The second kappa shape index (κ2) is 8.24. The number of ether oxygens (including phenoxy) is 1. The summed E-state index contributed by atoms with van der Waals surface area (Å²) in [6, 6.07) is 0. The highest BCUT2D eigenvalue weighted by atomic mass is 16.5. The lowest BCUT2D eigenvalue weighted by atomic mass is 9.99. The van der Waals surface area contributed by atoms with E-state index in [1.807, 2.05) is 32.5 Å². The number of fused-ring (bicyclic) bond motifs is 1. The fourth-order valence-corrected chi connectivity index (χ4v) is 3.10. The van der Waals surface area contributed by atoms with Crippen molar-refractivity contribution in [2.45, 2.75) is 47.0 Å². The summed E-state index contributed by atoms with van der Waals surface area (Å²) in [5.74, 6) is 0.0771.